The monoisotopic (exact) mass is 146 g/mol. The highest BCUT2D eigenvalue weighted by Crippen LogP contribution is 2.12. The number of aryl methyl sites for hydroxylation is 2. The maximum absolute atomic E-state index is 4.14. The first-order valence-electron chi connectivity index (χ1n) is 3.68. The predicted octanol–water partition coefficient (Wildman–Crippen LogP) is 1.95. The molecule has 0 N–H and O–H groups in total. The topological polar surface area (TPSA) is 17.3 Å². The van der Waals surface area contributed by atoms with E-state index in [9.17, 15) is 0 Å². The molecule has 0 radical (unpaired) electrons. The number of aromatic nitrogens is 2. The van der Waals surface area contributed by atoms with E-state index in [-0.39, 0.29) is 0 Å². The highest BCUT2D eigenvalue weighted by molar-refractivity contribution is 5.55. The van der Waals surface area contributed by atoms with Gasteiger partial charge in [0.2, 0.25) is 0 Å². The summed E-state index contributed by atoms with van der Waals surface area (Å²) in [6.07, 6.45) is 3.80. The lowest BCUT2D eigenvalue weighted by atomic mass is 10.1. The Bertz CT molecular complexity index is 387. The number of hydrogen-bond donors (Lipinski definition) is 0. The first-order chi connectivity index (χ1) is 5.29. The molecule has 0 saturated heterocycles. The zero-order valence-corrected chi connectivity index (χ0v) is 6.70. The number of nitrogens with zero attached hydrogens (tertiary/aromatic N) is 2. The Hall–Kier alpha value is -1.31. The fraction of sp³-hybridized carbons (Fsp3) is 0.222. The van der Waals surface area contributed by atoms with Crippen LogP contribution in [0.2, 0.25) is 0 Å². The summed E-state index contributed by atoms with van der Waals surface area (Å²) < 4.78 is 1.89. The Labute approximate surface area is 65.5 Å². The fourth-order valence-electron chi connectivity index (χ4n) is 1.24. The molecule has 0 spiro atoms. The van der Waals surface area contributed by atoms with Gasteiger partial charge in [0, 0.05) is 12.4 Å². The number of pyridine rings is 1. The van der Waals surface area contributed by atoms with Crippen LogP contribution in [-0.4, -0.2) is 9.61 Å². The highest BCUT2D eigenvalue weighted by Gasteiger charge is 1.98. The van der Waals surface area contributed by atoms with Crippen LogP contribution in [-0.2, 0) is 0 Å². The largest absolute Gasteiger partial charge is 0.241 e. The third kappa shape index (κ3) is 0.827. The van der Waals surface area contributed by atoms with Crippen molar-refractivity contribution in [3.05, 3.63) is 35.7 Å². The molecular weight excluding hydrogens is 136 g/mol. The summed E-state index contributed by atoms with van der Waals surface area (Å²) in [5.41, 5.74) is 3.83. The average Bonchev–Trinajstić information content (AvgIpc) is 2.45. The molecule has 2 heterocycles. The van der Waals surface area contributed by atoms with Gasteiger partial charge in [-0.3, -0.25) is 0 Å². The molecule has 0 aliphatic rings. The Kier molecular flexibility index (Phi) is 1.22. The van der Waals surface area contributed by atoms with E-state index >= 15 is 0 Å². The molecular formula is C9H10N2. The van der Waals surface area contributed by atoms with Gasteiger partial charge in [-0.05, 0) is 37.1 Å². The van der Waals surface area contributed by atoms with Crippen LogP contribution in [0.4, 0.5) is 0 Å². The SMILES string of the molecule is Cc1ccn2nccc2c1C. The van der Waals surface area contributed by atoms with Crippen LogP contribution in [0, 0.1) is 13.8 Å². The van der Waals surface area contributed by atoms with Crippen molar-refractivity contribution in [3.8, 4) is 0 Å². The number of hydrogen-bond acceptors (Lipinski definition) is 1. The molecule has 0 aliphatic heterocycles. The second kappa shape index (κ2) is 2.09. The van der Waals surface area contributed by atoms with Gasteiger partial charge < -0.3 is 0 Å². The van der Waals surface area contributed by atoms with Crippen molar-refractivity contribution >= 4 is 5.52 Å². The molecule has 2 aromatic heterocycles. The lowest BCUT2D eigenvalue weighted by Crippen LogP contribution is -1.90. The summed E-state index contributed by atoms with van der Waals surface area (Å²) in [5, 5.41) is 4.14. The molecule has 0 saturated carbocycles. The maximum Gasteiger partial charge on any atom is 0.0693 e. The van der Waals surface area contributed by atoms with Crippen LogP contribution in [0.25, 0.3) is 5.52 Å². The summed E-state index contributed by atoms with van der Waals surface area (Å²) >= 11 is 0. The number of fused-ring (bicyclic) bond motifs is 1. The van der Waals surface area contributed by atoms with E-state index in [1.807, 2.05) is 23.0 Å². The minimum Gasteiger partial charge on any atom is -0.241 e. The van der Waals surface area contributed by atoms with Crippen LogP contribution in [0.15, 0.2) is 24.5 Å². The molecule has 0 aliphatic carbocycles. The molecule has 2 heteroatoms. The molecule has 0 bridgehead atoms. The summed E-state index contributed by atoms with van der Waals surface area (Å²) in [6.45, 7) is 4.23. The highest BCUT2D eigenvalue weighted by atomic mass is 15.2. The minimum absolute atomic E-state index is 1.20. The Morgan fingerprint density at radius 1 is 1.27 bits per heavy atom. The van der Waals surface area contributed by atoms with Gasteiger partial charge in [-0.25, -0.2) is 4.52 Å². The van der Waals surface area contributed by atoms with Crippen LogP contribution < -0.4 is 0 Å². The van der Waals surface area contributed by atoms with Crippen molar-refractivity contribution in [2.45, 2.75) is 13.8 Å². The molecule has 2 nitrogen and oxygen atoms in total. The Morgan fingerprint density at radius 2 is 2.09 bits per heavy atom. The van der Waals surface area contributed by atoms with E-state index in [2.05, 4.69) is 25.0 Å². The summed E-state index contributed by atoms with van der Waals surface area (Å²) in [7, 11) is 0. The van der Waals surface area contributed by atoms with Crippen molar-refractivity contribution in [3.63, 3.8) is 0 Å². The first kappa shape index (κ1) is 6.40. The van der Waals surface area contributed by atoms with Crippen molar-refractivity contribution in [1.29, 1.82) is 0 Å². The number of rotatable bonds is 0. The molecule has 0 atom stereocenters. The second-order valence-electron chi connectivity index (χ2n) is 2.78. The maximum atomic E-state index is 4.14. The molecule has 0 aromatic carbocycles. The van der Waals surface area contributed by atoms with E-state index in [1.165, 1.54) is 16.6 Å². The zero-order chi connectivity index (χ0) is 7.84. The van der Waals surface area contributed by atoms with E-state index in [0.29, 0.717) is 0 Å². The normalized spacial score (nSPS) is 10.7. The van der Waals surface area contributed by atoms with Crippen molar-refractivity contribution in [2.24, 2.45) is 0 Å². The Balaban J connectivity index is 2.93. The van der Waals surface area contributed by atoms with Gasteiger partial charge in [-0.15, -0.1) is 0 Å². The lowest BCUT2D eigenvalue weighted by molar-refractivity contribution is 0.951. The lowest BCUT2D eigenvalue weighted by Gasteiger charge is -2.00. The van der Waals surface area contributed by atoms with E-state index in [1.54, 1.807) is 0 Å². The van der Waals surface area contributed by atoms with E-state index < -0.39 is 0 Å². The van der Waals surface area contributed by atoms with Crippen molar-refractivity contribution < 1.29 is 0 Å². The molecule has 2 rings (SSSR count). The average molecular weight is 146 g/mol. The predicted molar refractivity (Wildman–Crippen MR) is 44.7 cm³/mol. The molecule has 56 valence electrons. The summed E-state index contributed by atoms with van der Waals surface area (Å²) in [6, 6.07) is 4.11. The van der Waals surface area contributed by atoms with Gasteiger partial charge in [-0.2, -0.15) is 5.10 Å². The van der Waals surface area contributed by atoms with Gasteiger partial charge >= 0.3 is 0 Å². The van der Waals surface area contributed by atoms with Crippen molar-refractivity contribution in [2.75, 3.05) is 0 Å². The third-order valence-corrected chi connectivity index (χ3v) is 2.11. The van der Waals surface area contributed by atoms with Crippen LogP contribution in [0.5, 0.6) is 0 Å². The van der Waals surface area contributed by atoms with Gasteiger partial charge in [0.1, 0.15) is 0 Å². The van der Waals surface area contributed by atoms with Crippen LogP contribution >= 0.6 is 0 Å². The molecule has 0 fully saturated rings. The zero-order valence-electron chi connectivity index (χ0n) is 6.70. The molecule has 0 amide bonds. The molecule has 0 unspecified atom stereocenters. The molecule has 2 aromatic rings. The van der Waals surface area contributed by atoms with Crippen LogP contribution in [0.1, 0.15) is 11.1 Å². The Morgan fingerprint density at radius 3 is 2.91 bits per heavy atom. The van der Waals surface area contributed by atoms with Gasteiger partial charge in [0.25, 0.3) is 0 Å². The first-order valence-corrected chi connectivity index (χ1v) is 3.68. The van der Waals surface area contributed by atoms with Gasteiger partial charge in [0.15, 0.2) is 0 Å². The van der Waals surface area contributed by atoms with Crippen LogP contribution in [0.3, 0.4) is 0 Å². The summed E-state index contributed by atoms with van der Waals surface area (Å²) in [4.78, 5) is 0. The third-order valence-electron chi connectivity index (χ3n) is 2.11. The molecule has 11 heavy (non-hydrogen) atoms. The van der Waals surface area contributed by atoms with E-state index in [0.717, 1.165) is 0 Å². The van der Waals surface area contributed by atoms with Crippen molar-refractivity contribution in [1.82, 2.24) is 9.61 Å². The second-order valence-corrected chi connectivity index (χ2v) is 2.78. The van der Waals surface area contributed by atoms with Gasteiger partial charge in [-0.1, -0.05) is 0 Å². The smallest absolute Gasteiger partial charge is 0.0693 e. The quantitative estimate of drug-likeness (QED) is 0.555. The van der Waals surface area contributed by atoms with E-state index in [4.69, 9.17) is 0 Å². The fourth-order valence-corrected chi connectivity index (χ4v) is 1.24. The standard InChI is InChI=1S/C9H10N2/c1-7-4-6-11-9(8(7)2)3-5-10-11/h3-6H,1-2H3. The van der Waals surface area contributed by atoms with Gasteiger partial charge in [0.05, 0.1) is 5.52 Å². The summed E-state index contributed by atoms with van der Waals surface area (Å²) in [5.74, 6) is 0. The minimum atomic E-state index is 1.20.